The lowest BCUT2D eigenvalue weighted by molar-refractivity contribution is 0.213. The molecule has 1 aliphatic rings. The third-order valence-electron chi connectivity index (χ3n) is 2.41. The molecule has 0 aromatic carbocycles. The molecular weight excluding hydrogens is 194 g/mol. The van der Waals surface area contributed by atoms with Crippen molar-refractivity contribution < 1.29 is 4.42 Å². The fraction of sp³-hybridized carbons (Fsp3) is 0.778. The second kappa shape index (κ2) is 4.59. The molecule has 0 atom stereocenters. The topological polar surface area (TPSA) is 57.4 Å². The number of aromatic nitrogens is 2. The second-order valence-electron chi connectivity index (χ2n) is 3.90. The molecule has 6 heteroatoms. The summed E-state index contributed by atoms with van der Waals surface area (Å²) in [7, 11) is 3.78. The van der Waals surface area contributed by atoms with Crippen molar-refractivity contribution in [1.29, 1.82) is 0 Å². The molecule has 0 saturated carbocycles. The monoisotopic (exact) mass is 211 g/mol. The van der Waals surface area contributed by atoms with Gasteiger partial charge in [0.15, 0.2) is 0 Å². The zero-order valence-corrected chi connectivity index (χ0v) is 9.23. The van der Waals surface area contributed by atoms with E-state index in [0.29, 0.717) is 11.9 Å². The number of nitrogens with zero attached hydrogens (tertiary/aromatic N) is 4. The van der Waals surface area contributed by atoms with Gasteiger partial charge in [-0.25, -0.2) is 0 Å². The van der Waals surface area contributed by atoms with Gasteiger partial charge in [-0.15, -0.1) is 5.10 Å². The average molecular weight is 211 g/mol. The number of piperazine rings is 1. The Kier molecular flexibility index (Phi) is 3.17. The maximum absolute atomic E-state index is 5.49. The van der Waals surface area contributed by atoms with Crippen molar-refractivity contribution in [2.75, 3.05) is 45.2 Å². The zero-order valence-electron chi connectivity index (χ0n) is 9.23. The molecule has 0 spiro atoms. The summed E-state index contributed by atoms with van der Waals surface area (Å²) in [6, 6.07) is 0.570. The normalized spacial score (nSPS) is 18.0. The summed E-state index contributed by atoms with van der Waals surface area (Å²) < 4.78 is 5.49. The number of hydrogen-bond acceptors (Lipinski definition) is 6. The predicted molar refractivity (Wildman–Crippen MR) is 56.8 cm³/mol. The van der Waals surface area contributed by atoms with Crippen LogP contribution < -0.4 is 10.2 Å². The summed E-state index contributed by atoms with van der Waals surface area (Å²) in [5, 5.41) is 11.3. The average Bonchev–Trinajstić information content (AvgIpc) is 2.68. The van der Waals surface area contributed by atoms with Gasteiger partial charge >= 0.3 is 6.01 Å². The van der Waals surface area contributed by atoms with Gasteiger partial charge < -0.3 is 14.6 Å². The highest BCUT2D eigenvalue weighted by molar-refractivity contribution is 5.19. The maximum atomic E-state index is 5.49. The van der Waals surface area contributed by atoms with Crippen molar-refractivity contribution in [2.24, 2.45) is 0 Å². The van der Waals surface area contributed by atoms with Crippen LogP contribution in [0.5, 0.6) is 0 Å². The van der Waals surface area contributed by atoms with Crippen LogP contribution in [0.3, 0.4) is 0 Å². The van der Waals surface area contributed by atoms with Crippen molar-refractivity contribution in [2.45, 2.75) is 6.54 Å². The number of hydrogen-bond donors (Lipinski definition) is 1. The maximum Gasteiger partial charge on any atom is 0.317 e. The van der Waals surface area contributed by atoms with Crippen molar-refractivity contribution in [1.82, 2.24) is 20.4 Å². The molecule has 0 unspecified atom stereocenters. The highest BCUT2D eigenvalue weighted by atomic mass is 16.4. The van der Waals surface area contributed by atoms with Gasteiger partial charge in [0.25, 0.3) is 0 Å². The van der Waals surface area contributed by atoms with Gasteiger partial charge in [0.05, 0.1) is 6.54 Å². The predicted octanol–water partition coefficient (Wildman–Crippen LogP) is -0.459. The van der Waals surface area contributed by atoms with E-state index in [1.165, 1.54) is 0 Å². The Hall–Kier alpha value is -1.14. The lowest BCUT2D eigenvalue weighted by Gasteiger charge is -2.25. The fourth-order valence-corrected chi connectivity index (χ4v) is 1.55. The van der Waals surface area contributed by atoms with E-state index in [0.717, 1.165) is 32.7 Å². The summed E-state index contributed by atoms with van der Waals surface area (Å²) in [5.41, 5.74) is 0. The summed E-state index contributed by atoms with van der Waals surface area (Å²) in [4.78, 5) is 4.12. The molecular formula is C9H17N5O. The van der Waals surface area contributed by atoms with Crippen LogP contribution in [0.4, 0.5) is 6.01 Å². The van der Waals surface area contributed by atoms with Gasteiger partial charge in [0, 0.05) is 40.3 Å². The van der Waals surface area contributed by atoms with Crippen LogP contribution in [0, 0.1) is 0 Å². The first-order chi connectivity index (χ1) is 7.25. The van der Waals surface area contributed by atoms with E-state index in [9.17, 15) is 0 Å². The molecule has 1 saturated heterocycles. The highest BCUT2D eigenvalue weighted by Crippen LogP contribution is 2.10. The van der Waals surface area contributed by atoms with Gasteiger partial charge in [-0.3, -0.25) is 4.90 Å². The fourth-order valence-electron chi connectivity index (χ4n) is 1.55. The van der Waals surface area contributed by atoms with Gasteiger partial charge in [-0.05, 0) is 0 Å². The zero-order chi connectivity index (χ0) is 10.7. The molecule has 0 radical (unpaired) electrons. The molecule has 6 nitrogen and oxygen atoms in total. The van der Waals surface area contributed by atoms with E-state index in [-0.39, 0.29) is 0 Å². The van der Waals surface area contributed by atoms with Crippen molar-refractivity contribution >= 4 is 6.01 Å². The number of rotatable bonds is 3. The first kappa shape index (κ1) is 10.4. The molecule has 0 bridgehead atoms. The molecule has 0 amide bonds. The Morgan fingerprint density at radius 3 is 2.67 bits per heavy atom. The Bertz CT molecular complexity index is 305. The molecule has 1 N–H and O–H groups in total. The van der Waals surface area contributed by atoms with E-state index in [4.69, 9.17) is 4.42 Å². The summed E-state index contributed by atoms with van der Waals surface area (Å²) in [5.74, 6) is 0.695. The molecule has 1 aromatic rings. The first-order valence-electron chi connectivity index (χ1n) is 5.18. The lowest BCUT2D eigenvalue weighted by atomic mass is 10.3. The summed E-state index contributed by atoms with van der Waals surface area (Å²) in [6.07, 6.45) is 0. The number of anilines is 1. The van der Waals surface area contributed by atoms with Gasteiger partial charge in [-0.1, -0.05) is 5.10 Å². The Morgan fingerprint density at radius 2 is 2.07 bits per heavy atom. The van der Waals surface area contributed by atoms with Gasteiger partial charge in [-0.2, -0.15) is 0 Å². The van der Waals surface area contributed by atoms with Gasteiger partial charge in [0.1, 0.15) is 0 Å². The van der Waals surface area contributed by atoms with Crippen LogP contribution in [0.15, 0.2) is 4.42 Å². The lowest BCUT2D eigenvalue weighted by Crippen LogP contribution is -2.42. The molecule has 84 valence electrons. The van der Waals surface area contributed by atoms with E-state index in [2.05, 4.69) is 20.4 Å². The molecule has 1 aromatic heterocycles. The van der Waals surface area contributed by atoms with Crippen LogP contribution in [-0.2, 0) is 6.54 Å². The van der Waals surface area contributed by atoms with Crippen molar-refractivity contribution in [3.05, 3.63) is 5.89 Å². The summed E-state index contributed by atoms with van der Waals surface area (Å²) in [6.45, 7) is 4.91. The van der Waals surface area contributed by atoms with E-state index < -0.39 is 0 Å². The molecule has 2 rings (SSSR count). The third-order valence-corrected chi connectivity index (χ3v) is 2.41. The van der Waals surface area contributed by atoms with Crippen molar-refractivity contribution in [3.63, 3.8) is 0 Å². The largest absolute Gasteiger partial charge is 0.407 e. The minimum atomic E-state index is 0.570. The second-order valence-corrected chi connectivity index (χ2v) is 3.90. The Balaban J connectivity index is 1.91. The third kappa shape index (κ3) is 2.66. The van der Waals surface area contributed by atoms with Gasteiger partial charge in [0.2, 0.25) is 5.89 Å². The minimum Gasteiger partial charge on any atom is -0.407 e. The SMILES string of the molecule is CN(C)c1nnc(CN2CCNCC2)o1. The van der Waals surface area contributed by atoms with E-state index in [1.807, 2.05) is 19.0 Å². The molecule has 0 aliphatic carbocycles. The van der Waals surface area contributed by atoms with Crippen LogP contribution in [-0.4, -0.2) is 55.4 Å². The smallest absolute Gasteiger partial charge is 0.317 e. The minimum absolute atomic E-state index is 0.570. The quantitative estimate of drug-likeness (QED) is 0.730. The van der Waals surface area contributed by atoms with Crippen molar-refractivity contribution in [3.8, 4) is 0 Å². The Morgan fingerprint density at radius 1 is 1.33 bits per heavy atom. The highest BCUT2D eigenvalue weighted by Gasteiger charge is 2.14. The van der Waals surface area contributed by atoms with E-state index in [1.54, 1.807) is 0 Å². The standard InChI is InChI=1S/C9H17N5O/c1-13(2)9-12-11-8(15-9)7-14-5-3-10-4-6-14/h10H,3-7H2,1-2H3. The molecule has 1 aliphatic heterocycles. The Labute approximate surface area is 89.3 Å². The van der Waals surface area contributed by atoms with Crippen LogP contribution in [0.25, 0.3) is 0 Å². The summed E-state index contributed by atoms with van der Waals surface area (Å²) >= 11 is 0. The molecule has 2 heterocycles. The van der Waals surface area contributed by atoms with Crippen LogP contribution in [0.2, 0.25) is 0 Å². The molecule has 1 fully saturated rings. The number of nitrogens with one attached hydrogen (secondary N) is 1. The van der Waals surface area contributed by atoms with Crippen LogP contribution >= 0.6 is 0 Å². The first-order valence-corrected chi connectivity index (χ1v) is 5.18. The van der Waals surface area contributed by atoms with Crippen LogP contribution in [0.1, 0.15) is 5.89 Å². The van der Waals surface area contributed by atoms with E-state index >= 15 is 0 Å². The molecule has 15 heavy (non-hydrogen) atoms.